The number of fused-ring (bicyclic) bond motifs is 1. The molecule has 1 fully saturated rings. The van der Waals surface area contributed by atoms with Crippen LogP contribution in [0.5, 0.6) is 0 Å². The fourth-order valence-corrected chi connectivity index (χ4v) is 3.48. The van der Waals surface area contributed by atoms with E-state index < -0.39 is 4.92 Å². The standard InChI is InChI=1S/C17H20N8O4/c1-22(9-10-26)13-11-12(14-15(21-29-20-14)16(13)25(27)28)23-5-7-24(8-6-23)17-18-3-2-4-19-17/h2-4,11,26H,5-10H2,1H3. The monoisotopic (exact) mass is 400 g/mol. The molecule has 0 amide bonds. The van der Waals surface area contributed by atoms with Gasteiger partial charge < -0.3 is 19.8 Å². The number of hydrogen-bond donors (Lipinski definition) is 1. The van der Waals surface area contributed by atoms with E-state index in [1.54, 1.807) is 36.5 Å². The van der Waals surface area contributed by atoms with Crippen molar-refractivity contribution in [1.82, 2.24) is 20.3 Å². The lowest BCUT2D eigenvalue weighted by Gasteiger charge is -2.36. The highest BCUT2D eigenvalue weighted by atomic mass is 16.6. The first-order valence-corrected chi connectivity index (χ1v) is 9.12. The Hall–Kier alpha value is -3.54. The van der Waals surface area contributed by atoms with Crippen LogP contribution in [0.15, 0.2) is 29.2 Å². The predicted octanol–water partition coefficient (Wildman–Crippen LogP) is 0.676. The summed E-state index contributed by atoms with van der Waals surface area (Å²) in [5.41, 5.74) is 1.33. The summed E-state index contributed by atoms with van der Waals surface area (Å²) >= 11 is 0. The van der Waals surface area contributed by atoms with Gasteiger partial charge in [0.1, 0.15) is 5.69 Å². The Morgan fingerprint density at radius 3 is 2.48 bits per heavy atom. The average Bonchev–Trinajstić information content (AvgIpc) is 3.23. The lowest BCUT2D eigenvalue weighted by molar-refractivity contribution is -0.382. The Balaban J connectivity index is 1.68. The van der Waals surface area contributed by atoms with Gasteiger partial charge in [0.2, 0.25) is 11.5 Å². The third kappa shape index (κ3) is 3.49. The summed E-state index contributed by atoms with van der Waals surface area (Å²) in [7, 11) is 1.69. The quantitative estimate of drug-likeness (QED) is 0.461. The lowest BCUT2D eigenvalue weighted by Crippen LogP contribution is -2.47. The van der Waals surface area contributed by atoms with Crippen LogP contribution >= 0.6 is 0 Å². The van der Waals surface area contributed by atoms with Gasteiger partial charge in [-0.3, -0.25) is 10.1 Å². The molecule has 152 valence electrons. The van der Waals surface area contributed by atoms with Crippen LogP contribution in [0.4, 0.5) is 23.0 Å². The highest BCUT2D eigenvalue weighted by molar-refractivity contribution is 6.00. The van der Waals surface area contributed by atoms with Crippen LogP contribution in [0, 0.1) is 10.1 Å². The molecular weight excluding hydrogens is 380 g/mol. The maximum Gasteiger partial charge on any atom is 0.323 e. The molecule has 1 aliphatic rings. The molecule has 0 bridgehead atoms. The topological polar surface area (TPSA) is 138 Å². The minimum absolute atomic E-state index is 0.0983. The minimum atomic E-state index is -0.496. The summed E-state index contributed by atoms with van der Waals surface area (Å²) in [6.07, 6.45) is 3.41. The average molecular weight is 400 g/mol. The van der Waals surface area contributed by atoms with Crippen molar-refractivity contribution in [3.8, 4) is 0 Å². The van der Waals surface area contributed by atoms with E-state index in [1.165, 1.54) is 0 Å². The number of rotatable bonds is 6. The molecule has 2 aromatic heterocycles. The van der Waals surface area contributed by atoms with E-state index in [2.05, 4.69) is 30.1 Å². The van der Waals surface area contributed by atoms with Crippen molar-refractivity contribution < 1.29 is 14.7 Å². The van der Waals surface area contributed by atoms with Gasteiger partial charge in [0.25, 0.3) is 0 Å². The SMILES string of the molecule is CN(CCO)c1cc(N2CCN(c3ncccn3)CC2)c2nonc2c1[N+](=O)[O-]. The molecule has 1 saturated heterocycles. The minimum Gasteiger partial charge on any atom is -0.395 e. The zero-order valence-corrected chi connectivity index (χ0v) is 15.8. The number of aliphatic hydroxyl groups excluding tert-OH is 1. The maximum absolute atomic E-state index is 11.7. The van der Waals surface area contributed by atoms with Gasteiger partial charge in [-0.25, -0.2) is 14.6 Å². The van der Waals surface area contributed by atoms with Gasteiger partial charge in [-0.1, -0.05) is 0 Å². The number of aromatic nitrogens is 4. The van der Waals surface area contributed by atoms with Crippen molar-refractivity contribution in [2.24, 2.45) is 0 Å². The van der Waals surface area contributed by atoms with Crippen molar-refractivity contribution in [3.63, 3.8) is 0 Å². The highest BCUT2D eigenvalue weighted by Crippen LogP contribution is 2.40. The smallest absolute Gasteiger partial charge is 0.323 e. The van der Waals surface area contributed by atoms with Gasteiger partial charge in [-0.05, 0) is 22.4 Å². The van der Waals surface area contributed by atoms with Crippen LogP contribution in [0.1, 0.15) is 0 Å². The first-order valence-electron chi connectivity index (χ1n) is 9.12. The number of likely N-dealkylation sites (N-methyl/N-ethyl adjacent to an activating group) is 1. The molecule has 0 atom stereocenters. The van der Waals surface area contributed by atoms with Crippen LogP contribution in [0.3, 0.4) is 0 Å². The molecule has 1 N–H and O–H groups in total. The van der Waals surface area contributed by atoms with Gasteiger partial charge in [-0.15, -0.1) is 0 Å². The van der Waals surface area contributed by atoms with E-state index in [0.717, 1.165) is 0 Å². The van der Waals surface area contributed by atoms with Crippen LogP contribution in [-0.4, -0.2) is 76.7 Å². The summed E-state index contributed by atoms with van der Waals surface area (Å²) in [5.74, 6) is 0.674. The Bertz CT molecular complexity index is 1000. The lowest BCUT2D eigenvalue weighted by atomic mass is 10.1. The number of benzene rings is 1. The Morgan fingerprint density at radius 1 is 1.17 bits per heavy atom. The molecule has 0 saturated carbocycles. The van der Waals surface area contributed by atoms with E-state index in [0.29, 0.717) is 49.0 Å². The molecule has 12 nitrogen and oxygen atoms in total. The third-order valence-electron chi connectivity index (χ3n) is 4.96. The molecule has 0 unspecified atom stereocenters. The molecule has 29 heavy (non-hydrogen) atoms. The summed E-state index contributed by atoms with van der Waals surface area (Å²) in [6, 6.07) is 3.49. The Labute approximate surface area is 165 Å². The second-order valence-electron chi connectivity index (χ2n) is 6.65. The first kappa shape index (κ1) is 18.8. The van der Waals surface area contributed by atoms with Gasteiger partial charge in [0, 0.05) is 52.2 Å². The number of piperazine rings is 1. The fraction of sp³-hybridized carbons (Fsp3) is 0.412. The molecule has 3 aromatic rings. The van der Waals surface area contributed by atoms with Crippen molar-refractivity contribution >= 4 is 34.0 Å². The second kappa shape index (κ2) is 7.83. The maximum atomic E-state index is 11.7. The van der Waals surface area contributed by atoms with Gasteiger partial charge in [0.05, 0.1) is 17.2 Å². The molecule has 3 heterocycles. The number of anilines is 3. The number of nitrogens with zero attached hydrogens (tertiary/aromatic N) is 8. The molecular formula is C17H20N8O4. The van der Waals surface area contributed by atoms with E-state index in [9.17, 15) is 15.2 Å². The molecule has 4 rings (SSSR count). The predicted molar refractivity (Wildman–Crippen MR) is 105 cm³/mol. The number of nitro groups is 1. The largest absolute Gasteiger partial charge is 0.395 e. The summed E-state index contributed by atoms with van der Waals surface area (Å²) in [5, 5.41) is 28.7. The van der Waals surface area contributed by atoms with E-state index in [1.807, 2.05) is 0 Å². The third-order valence-corrected chi connectivity index (χ3v) is 4.96. The van der Waals surface area contributed by atoms with Crippen LogP contribution < -0.4 is 14.7 Å². The van der Waals surface area contributed by atoms with Crippen LogP contribution in [0.25, 0.3) is 11.0 Å². The Morgan fingerprint density at radius 2 is 1.83 bits per heavy atom. The van der Waals surface area contributed by atoms with E-state index in [4.69, 9.17) is 4.63 Å². The normalized spacial score (nSPS) is 14.4. The zero-order valence-electron chi connectivity index (χ0n) is 15.8. The Kier molecular flexibility index (Phi) is 5.08. The summed E-state index contributed by atoms with van der Waals surface area (Å²) < 4.78 is 4.84. The molecule has 12 heteroatoms. The van der Waals surface area contributed by atoms with E-state index in [-0.39, 0.29) is 24.4 Å². The van der Waals surface area contributed by atoms with Crippen molar-refractivity contribution in [3.05, 3.63) is 34.6 Å². The van der Waals surface area contributed by atoms with Crippen molar-refractivity contribution in [1.29, 1.82) is 0 Å². The number of hydrogen-bond acceptors (Lipinski definition) is 11. The number of aliphatic hydroxyl groups is 1. The second-order valence-corrected chi connectivity index (χ2v) is 6.65. The van der Waals surface area contributed by atoms with Gasteiger partial charge in [0.15, 0.2) is 5.52 Å². The molecule has 1 aromatic carbocycles. The highest BCUT2D eigenvalue weighted by Gasteiger charge is 2.30. The molecule has 0 aliphatic carbocycles. The zero-order chi connectivity index (χ0) is 20.4. The number of nitro benzene ring substituents is 1. The first-order chi connectivity index (χ1) is 14.1. The van der Waals surface area contributed by atoms with Crippen LogP contribution in [0.2, 0.25) is 0 Å². The fourth-order valence-electron chi connectivity index (χ4n) is 3.48. The van der Waals surface area contributed by atoms with Gasteiger partial charge >= 0.3 is 5.69 Å². The van der Waals surface area contributed by atoms with Gasteiger partial charge in [-0.2, -0.15) is 0 Å². The van der Waals surface area contributed by atoms with Crippen molar-refractivity contribution in [2.45, 2.75) is 0 Å². The summed E-state index contributed by atoms with van der Waals surface area (Å²) in [4.78, 5) is 25.6. The van der Waals surface area contributed by atoms with Crippen LogP contribution in [-0.2, 0) is 0 Å². The molecule has 1 aliphatic heterocycles. The van der Waals surface area contributed by atoms with E-state index >= 15 is 0 Å². The molecule has 0 spiro atoms. The van der Waals surface area contributed by atoms with Crippen molar-refractivity contribution in [2.75, 3.05) is 61.1 Å². The summed E-state index contributed by atoms with van der Waals surface area (Å²) in [6.45, 7) is 2.80. The molecule has 0 radical (unpaired) electrons.